The maximum Gasteiger partial charge on any atom is 0.132 e. The van der Waals surface area contributed by atoms with Crippen molar-refractivity contribution >= 4 is 38.5 Å². The number of halogens is 2. The van der Waals surface area contributed by atoms with E-state index in [1.807, 2.05) is 12.1 Å². The lowest BCUT2D eigenvalue weighted by molar-refractivity contribution is 0.417. The molecule has 92 valence electrons. The highest BCUT2D eigenvalue weighted by Crippen LogP contribution is 2.48. The third-order valence-corrected chi connectivity index (χ3v) is 4.62. The molecule has 0 fully saturated rings. The van der Waals surface area contributed by atoms with Crippen LogP contribution in [0.25, 0.3) is 0 Å². The molecular weight excluding hydrogens is 403 g/mol. The Balaban J connectivity index is 2.26. The van der Waals surface area contributed by atoms with Crippen molar-refractivity contribution in [1.29, 1.82) is 0 Å². The summed E-state index contributed by atoms with van der Waals surface area (Å²) in [4.78, 5) is 0. The van der Waals surface area contributed by atoms with Gasteiger partial charge in [0, 0.05) is 24.6 Å². The van der Waals surface area contributed by atoms with Crippen molar-refractivity contribution in [3.05, 3.63) is 55.6 Å². The Morgan fingerprint density at radius 1 is 1.00 bits per heavy atom. The standard InChI is InChI=1S/C15H12BrIO/c1-15(2)11-5-4-10(17)8-14(11)18-13-6-3-9(16)7-12(13)15/h3-8H,1-2H3. The van der Waals surface area contributed by atoms with E-state index in [0.29, 0.717) is 0 Å². The van der Waals surface area contributed by atoms with Gasteiger partial charge in [0.25, 0.3) is 0 Å². The first-order valence-electron chi connectivity index (χ1n) is 5.76. The summed E-state index contributed by atoms with van der Waals surface area (Å²) < 4.78 is 8.31. The Bertz CT molecular complexity index is 634. The highest BCUT2D eigenvalue weighted by atomic mass is 127. The summed E-state index contributed by atoms with van der Waals surface area (Å²) in [5, 5.41) is 0. The molecule has 0 spiro atoms. The highest BCUT2D eigenvalue weighted by Gasteiger charge is 2.34. The molecule has 0 aliphatic carbocycles. The number of benzene rings is 2. The van der Waals surface area contributed by atoms with Gasteiger partial charge in [-0.05, 0) is 52.9 Å². The normalized spacial score (nSPS) is 15.6. The molecule has 0 unspecified atom stereocenters. The molecule has 0 bridgehead atoms. The van der Waals surface area contributed by atoms with Crippen LogP contribution < -0.4 is 4.74 Å². The predicted molar refractivity (Wildman–Crippen MR) is 85.5 cm³/mol. The first-order valence-corrected chi connectivity index (χ1v) is 7.63. The molecule has 2 aromatic rings. The summed E-state index contributed by atoms with van der Waals surface area (Å²) in [5.41, 5.74) is 2.44. The first-order chi connectivity index (χ1) is 8.48. The third kappa shape index (κ3) is 1.88. The van der Waals surface area contributed by atoms with E-state index in [2.05, 4.69) is 76.6 Å². The molecule has 1 heterocycles. The number of hydrogen-bond donors (Lipinski definition) is 0. The minimum atomic E-state index is -0.0307. The van der Waals surface area contributed by atoms with E-state index < -0.39 is 0 Å². The average molecular weight is 415 g/mol. The quantitative estimate of drug-likeness (QED) is 0.518. The van der Waals surface area contributed by atoms with Gasteiger partial charge in [0.15, 0.2) is 0 Å². The lowest BCUT2D eigenvalue weighted by Crippen LogP contribution is -2.24. The number of hydrogen-bond acceptors (Lipinski definition) is 1. The lowest BCUT2D eigenvalue weighted by atomic mass is 9.76. The average Bonchev–Trinajstić information content (AvgIpc) is 2.30. The van der Waals surface area contributed by atoms with Crippen LogP contribution in [-0.4, -0.2) is 0 Å². The van der Waals surface area contributed by atoms with Gasteiger partial charge >= 0.3 is 0 Å². The summed E-state index contributed by atoms with van der Waals surface area (Å²) in [7, 11) is 0. The van der Waals surface area contributed by atoms with Crippen molar-refractivity contribution in [2.45, 2.75) is 19.3 Å². The van der Waals surface area contributed by atoms with Crippen molar-refractivity contribution in [1.82, 2.24) is 0 Å². The van der Waals surface area contributed by atoms with Gasteiger partial charge in [0.05, 0.1) is 0 Å². The molecule has 0 N–H and O–H groups in total. The molecule has 0 saturated carbocycles. The number of rotatable bonds is 0. The Labute approximate surface area is 129 Å². The summed E-state index contributed by atoms with van der Waals surface area (Å²) in [5.74, 6) is 1.93. The van der Waals surface area contributed by atoms with Gasteiger partial charge in [-0.15, -0.1) is 0 Å². The zero-order valence-electron chi connectivity index (χ0n) is 10.1. The van der Waals surface area contributed by atoms with E-state index in [1.165, 1.54) is 14.7 Å². The van der Waals surface area contributed by atoms with E-state index in [-0.39, 0.29) is 5.41 Å². The Morgan fingerprint density at radius 3 is 2.56 bits per heavy atom. The van der Waals surface area contributed by atoms with Gasteiger partial charge in [-0.25, -0.2) is 0 Å². The fraction of sp³-hybridized carbons (Fsp3) is 0.200. The molecule has 1 nitrogen and oxygen atoms in total. The summed E-state index contributed by atoms with van der Waals surface area (Å²) >= 11 is 5.85. The van der Waals surface area contributed by atoms with Gasteiger partial charge < -0.3 is 4.74 Å². The van der Waals surface area contributed by atoms with Crippen LogP contribution in [0.2, 0.25) is 0 Å². The molecule has 18 heavy (non-hydrogen) atoms. The molecule has 1 aliphatic rings. The molecule has 3 rings (SSSR count). The Kier molecular flexibility index (Phi) is 2.94. The van der Waals surface area contributed by atoms with Crippen LogP contribution in [-0.2, 0) is 5.41 Å². The molecule has 2 aromatic carbocycles. The second kappa shape index (κ2) is 4.23. The molecule has 0 radical (unpaired) electrons. The molecule has 0 amide bonds. The van der Waals surface area contributed by atoms with Gasteiger partial charge in [0.1, 0.15) is 11.5 Å². The summed E-state index contributed by atoms with van der Waals surface area (Å²) in [6, 6.07) is 12.6. The molecule has 1 aliphatic heterocycles. The number of ether oxygens (including phenoxy) is 1. The minimum Gasteiger partial charge on any atom is -0.457 e. The maximum absolute atomic E-state index is 6.02. The van der Waals surface area contributed by atoms with E-state index in [1.54, 1.807) is 0 Å². The zero-order valence-corrected chi connectivity index (χ0v) is 13.9. The summed E-state index contributed by atoms with van der Waals surface area (Å²) in [6.07, 6.45) is 0. The van der Waals surface area contributed by atoms with E-state index in [9.17, 15) is 0 Å². The second-order valence-electron chi connectivity index (χ2n) is 5.01. The second-order valence-corrected chi connectivity index (χ2v) is 7.17. The van der Waals surface area contributed by atoms with Crippen LogP contribution in [0.1, 0.15) is 25.0 Å². The summed E-state index contributed by atoms with van der Waals surface area (Å²) in [6.45, 7) is 4.49. The molecule has 3 heteroatoms. The molecule has 0 aromatic heterocycles. The Morgan fingerprint density at radius 2 is 1.78 bits per heavy atom. The smallest absolute Gasteiger partial charge is 0.132 e. The first kappa shape index (κ1) is 12.5. The van der Waals surface area contributed by atoms with Gasteiger partial charge in [-0.1, -0.05) is 35.8 Å². The maximum atomic E-state index is 6.02. The van der Waals surface area contributed by atoms with Crippen molar-refractivity contribution < 1.29 is 4.74 Å². The van der Waals surface area contributed by atoms with E-state index in [0.717, 1.165) is 16.0 Å². The minimum absolute atomic E-state index is 0.0307. The Hall–Kier alpha value is -0.550. The lowest BCUT2D eigenvalue weighted by Gasteiger charge is -2.34. The van der Waals surface area contributed by atoms with Crippen molar-refractivity contribution in [3.8, 4) is 11.5 Å². The van der Waals surface area contributed by atoms with Crippen LogP contribution in [0, 0.1) is 3.57 Å². The third-order valence-electron chi connectivity index (χ3n) is 3.45. The van der Waals surface area contributed by atoms with Crippen LogP contribution >= 0.6 is 38.5 Å². The van der Waals surface area contributed by atoms with Crippen molar-refractivity contribution in [3.63, 3.8) is 0 Å². The van der Waals surface area contributed by atoms with Crippen LogP contribution in [0.3, 0.4) is 0 Å². The predicted octanol–water partition coefficient (Wildman–Crippen LogP) is 5.49. The SMILES string of the molecule is CC1(C)c2ccc(I)cc2Oc2ccc(Br)cc21. The molecule has 0 atom stereocenters. The zero-order chi connectivity index (χ0) is 12.9. The fourth-order valence-electron chi connectivity index (χ4n) is 2.44. The van der Waals surface area contributed by atoms with E-state index >= 15 is 0 Å². The van der Waals surface area contributed by atoms with Crippen LogP contribution in [0.5, 0.6) is 11.5 Å². The van der Waals surface area contributed by atoms with Gasteiger partial charge in [0.2, 0.25) is 0 Å². The van der Waals surface area contributed by atoms with Crippen LogP contribution in [0.4, 0.5) is 0 Å². The largest absolute Gasteiger partial charge is 0.457 e. The molecule has 0 saturated heterocycles. The van der Waals surface area contributed by atoms with E-state index in [4.69, 9.17) is 4.74 Å². The number of fused-ring (bicyclic) bond motifs is 2. The van der Waals surface area contributed by atoms with Gasteiger partial charge in [-0.3, -0.25) is 0 Å². The van der Waals surface area contributed by atoms with Crippen LogP contribution in [0.15, 0.2) is 40.9 Å². The topological polar surface area (TPSA) is 9.23 Å². The van der Waals surface area contributed by atoms with Crippen molar-refractivity contribution in [2.24, 2.45) is 0 Å². The highest BCUT2D eigenvalue weighted by molar-refractivity contribution is 14.1. The molecular formula is C15H12BrIO. The van der Waals surface area contributed by atoms with Gasteiger partial charge in [-0.2, -0.15) is 0 Å². The fourth-order valence-corrected chi connectivity index (χ4v) is 3.26. The van der Waals surface area contributed by atoms with Crippen molar-refractivity contribution in [2.75, 3.05) is 0 Å². The monoisotopic (exact) mass is 414 g/mol.